The van der Waals surface area contributed by atoms with Crippen molar-refractivity contribution in [1.82, 2.24) is 4.90 Å². The van der Waals surface area contributed by atoms with E-state index in [-0.39, 0.29) is 17.6 Å². The first-order valence-corrected chi connectivity index (χ1v) is 10.2. The van der Waals surface area contributed by atoms with E-state index >= 15 is 0 Å². The van der Waals surface area contributed by atoms with Crippen molar-refractivity contribution in [2.45, 2.75) is 56.7 Å². The Morgan fingerprint density at radius 3 is 2.93 bits per heavy atom. The number of carbonyl (C=O) groups is 1. The fourth-order valence-corrected chi connectivity index (χ4v) is 5.28. The van der Waals surface area contributed by atoms with Gasteiger partial charge in [0.25, 0.3) is 0 Å². The Bertz CT molecular complexity index is 1060. The number of aryl methyl sites for hydroxylation is 1. The highest BCUT2D eigenvalue weighted by Gasteiger charge is 2.46. The minimum absolute atomic E-state index is 0.0384. The highest BCUT2D eigenvalue weighted by molar-refractivity contribution is 5.78. The van der Waals surface area contributed by atoms with Gasteiger partial charge in [-0.25, -0.2) is 4.99 Å². The first-order valence-electron chi connectivity index (χ1n) is 10.2. The van der Waals surface area contributed by atoms with E-state index in [1.807, 2.05) is 30.1 Å². The summed E-state index contributed by atoms with van der Waals surface area (Å²) in [5.41, 5.74) is 2.78. The van der Waals surface area contributed by atoms with Crippen molar-refractivity contribution >= 4 is 12.0 Å². The molecule has 0 aromatic heterocycles. The lowest BCUT2D eigenvalue weighted by atomic mass is 9.63. The molecule has 1 amide bonds. The number of benzene rings is 2. The molecule has 144 valence electrons. The maximum Gasteiger partial charge on any atom is 0.222 e. The van der Waals surface area contributed by atoms with E-state index in [4.69, 9.17) is 9.73 Å². The van der Waals surface area contributed by atoms with Crippen LogP contribution in [0.1, 0.15) is 43.7 Å². The molecule has 0 bridgehead atoms. The summed E-state index contributed by atoms with van der Waals surface area (Å²) in [5.74, 6) is 1.17. The van der Waals surface area contributed by atoms with Crippen molar-refractivity contribution in [2.75, 3.05) is 7.05 Å². The maximum atomic E-state index is 12.2. The number of amides is 1. The summed E-state index contributed by atoms with van der Waals surface area (Å²) in [7, 11) is 1.96. The number of piperidine rings is 1. The van der Waals surface area contributed by atoms with E-state index in [0.29, 0.717) is 12.5 Å². The fourth-order valence-electron chi connectivity index (χ4n) is 5.28. The Morgan fingerprint density at radius 1 is 1.18 bits per heavy atom. The second kappa shape index (κ2) is 6.47. The molecule has 0 N–H and O–H groups in total. The molecule has 4 heteroatoms. The number of hydrogen-bond acceptors (Lipinski definition) is 3. The van der Waals surface area contributed by atoms with Crippen molar-refractivity contribution in [1.29, 1.82) is 0 Å². The lowest BCUT2D eigenvalue weighted by molar-refractivity contribution is -0.138. The Kier molecular flexibility index (Phi) is 4.04. The van der Waals surface area contributed by atoms with Crippen molar-refractivity contribution < 1.29 is 9.53 Å². The molecule has 2 aliphatic heterocycles. The highest BCUT2D eigenvalue weighted by atomic mass is 16.5. The van der Waals surface area contributed by atoms with Crippen LogP contribution in [0.3, 0.4) is 0 Å². The van der Waals surface area contributed by atoms with Gasteiger partial charge >= 0.3 is 0 Å². The Hall–Kier alpha value is -2.62. The average molecular weight is 374 g/mol. The number of rotatable bonds is 2. The third kappa shape index (κ3) is 2.74. The van der Waals surface area contributed by atoms with Crippen LogP contribution >= 0.6 is 0 Å². The van der Waals surface area contributed by atoms with E-state index in [2.05, 4.69) is 37.3 Å². The van der Waals surface area contributed by atoms with E-state index in [1.165, 1.54) is 16.3 Å². The van der Waals surface area contributed by atoms with Crippen LogP contribution in [0.4, 0.5) is 0 Å². The average Bonchev–Trinajstić information content (AvgIpc) is 2.71. The predicted molar refractivity (Wildman–Crippen MR) is 109 cm³/mol. The Labute approximate surface area is 165 Å². The normalized spacial score (nSPS) is 28.4. The number of likely N-dealkylation sites (tertiary alicyclic amines) is 1. The van der Waals surface area contributed by atoms with Gasteiger partial charge in [0.15, 0.2) is 6.23 Å². The number of ether oxygens (including phenoxy) is 1. The minimum atomic E-state index is -0.168. The predicted octanol–water partition coefficient (Wildman–Crippen LogP) is 2.72. The van der Waals surface area contributed by atoms with Crippen LogP contribution in [0.15, 0.2) is 47.5 Å². The molecule has 3 aliphatic rings. The molecule has 2 heterocycles. The third-order valence-corrected chi connectivity index (χ3v) is 6.87. The lowest BCUT2D eigenvalue weighted by Gasteiger charge is -2.50. The first-order chi connectivity index (χ1) is 13.5. The van der Waals surface area contributed by atoms with Crippen LogP contribution < -0.4 is 15.3 Å². The number of nitrogens with zero attached hydrogens (tertiary/aromatic N) is 2. The summed E-state index contributed by atoms with van der Waals surface area (Å²) in [4.78, 5) is 18.9. The van der Waals surface area contributed by atoms with Gasteiger partial charge in [-0.3, -0.25) is 4.79 Å². The van der Waals surface area contributed by atoms with Gasteiger partial charge in [-0.15, -0.1) is 0 Å². The molecule has 2 aromatic carbocycles. The Morgan fingerprint density at radius 2 is 2.04 bits per heavy atom. The SMILES string of the molecule is CN1C(=O)CC[C@]2(C)c3ccc(OC4CC=c5ccccc5=N4)cc3CC[C@@H]12. The zero-order valence-corrected chi connectivity index (χ0v) is 16.5. The topological polar surface area (TPSA) is 41.9 Å². The van der Waals surface area contributed by atoms with Crippen molar-refractivity contribution in [3.05, 3.63) is 64.2 Å². The second-order valence-electron chi connectivity index (χ2n) is 8.50. The molecule has 5 rings (SSSR count). The van der Waals surface area contributed by atoms with E-state index < -0.39 is 0 Å². The van der Waals surface area contributed by atoms with Gasteiger partial charge in [-0.05, 0) is 53.8 Å². The minimum Gasteiger partial charge on any atom is -0.468 e. The summed E-state index contributed by atoms with van der Waals surface area (Å²) in [6, 6.07) is 15.0. The molecule has 1 saturated heterocycles. The van der Waals surface area contributed by atoms with Crippen molar-refractivity contribution in [3.63, 3.8) is 0 Å². The molecule has 0 spiro atoms. The van der Waals surface area contributed by atoms with Crippen molar-refractivity contribution in [2.24, 2.45) is 4.99 Å². The molecule has 2 aromatic rings. The van der Waals surface area contributed by atoms with Crippen LogP contribution in [0.5, 0.6) is 5.75 Å². The van der Waals surface area contributed by atoms with Gasteiger partial charge in [0.2, 0.25) is 5.91 Å². The van der Waals surface area contributed by atoms with E-state index in [9.17, 15) is 4.79 Å². The number of hydrogen-bond donors (Lipinski definition) is 0. The fraction of sp³-hybridized carbons (Fsp3) is 0.417. The number of likely N-dealkylation sites (N-methyl/N-ethyl adjacent to an activating group) is 1. The molecule has 1 unspecified atom stereocenters. The second-order valence-corrected chi connectivity index (χ2v) is 8.50. The van der Waals surface area contributed by atoms with Crippen LogP contribution in [-0.2, 0) is 16.6 Å². The van der Waals surface area contributed by atoms with Crippen LogP contribution in [0, 0.1) is 0 Å². The summed E-state index contributed by atoms with van der Waals surface area (Å²) in [5, 5.41) is 2.18. The molecule has 0 radical (unpaired) electrons. The first kappa shape index (κ1) is 17.5. The summed E-state index contributed by atoms with van der Waals surface area (Å²) in [6.07, 6.45) is 6.39. The summed E-state index contributed by atoms with van der Waals surface area (Å²) < 4.78 is 6.22. The Balaban J connectivity index is 1.42. The van der Waals surface area contributed by atoms with Gasteiger partial charge in [0.1, 0.15) is 5.75 Å². The molecular formula is C24H26N2O2. The maximum absolute atomic E-state index is 12.2. The van der Waals surface area contributed by atoms with Crippen molar-refractivity contribution in [3.8, 4) is 5.75 Å². The standard InChI is InChI=1S/C24H26N2O2/c1-24-14-13-23(27)26(2)21(24)11-7-17-15-18(9-10-19(17)24)28-22-12-8-16-5-3-4-6-20(16)25-22/h3-6,8-10,15,21-22H,7,11-14H2,1-2H3/t21-,22?,24-/m1/s1. The van der Waals surface area contributed by atoms with Gasteiger partial charge in [-0.1, -0.05) is 37.3 Å². The summed E-state index contributed by atoms with van der Waals surface area (Å²) >= 11 is 0. The van der Waals surface area contributed by atoms with Gasteiger partial charge in [0.05, 0.1) is 5.36 Å². The quantitative estimate of drug-likeness (QED) is 0.811. The van der Waals surface area contributed by atoms with Crippen LogP contribution in [-0.4, -0.2) is 30.1 Å². The van der Waals surface area contributed by atoms with E-state index in [0.717, 1.165) is 36.8 Å². The van der Waals surface area contributed by atoms with E-state index in [1.54, 1.807) is 0 Å². The molecule has 28 heavy (non-hydrogen) atoms. The third-order valence-electron chi connectivity index (χ3n) is 6.87. The number of fused-ring (bicyclic) bond motifs is 4. The molecule has 1 aliphatic carbocycles. The van der Waals surface area contributed by atoms with Crippen LogP contribution in [0.25, 0.3) is 6.08 Å². The van der Waals surface area contributed by atoms with Gasteiger partial charge < -0.3 is 9.64 Å². The zero-order valence-electron chi connectivity index (χ0n) is 16.5. The number of para-hydroxylation sites is 1. The van der Waals surface area contributed by atoms with Crippen LogP contribution in [0.2, 0.25) is 0 Å². The molecule has 1 fully saturated rings. The smallest absolute Gasteiger partial charge is 0.222 e. The van der Waals surface area contributed by atoms with Gasteiger partial charge in [-0.2, -0.15) is 0 Å². The largest absolute Gasteiger partial charge is 0.468 e. The zero-order chi connectivity index (χ0) is 19.3. The monoisotopic (exact) mass is 374 g/mol. The lowest BCUT2D eigenvalue weighted by Crippen LogP contribution is -2.56. The molecule has 0 saturated carbocycles. The molecular weight excluding hydrogens is 348 g/mol. The number of carbonyl (C=O) groups excluding carboxylic acids is 1. The molecule has 3 atom stereocenters. The van der Waals surface area contributed by atoms with Gasteiger partial charge in [0, 0.05) is 31.3 Å². The summed E-state index contributed by atoms with van der Waals surface area (Å²) in [6.45, 7) is 2.32. The highest BCUT2D eigenvalue weighted by Crippen LogP contribution is 2.46. The molecule has 4 nitrogen and oxygen atoms in total.